The van der Waals surface area contributed by atoms with Crippen molar-refractivity contribution in [3.8, 4) is 0 Å². The van der Waals surface area contributed by atoms with Gasteiger partial charge in [-0.25, -0.2) is 4.39 Å². The monoisotopic (exact) mass is 443 g/mol. The van der Waals surface area contributed by atoms with E-state index in [2.05, 4.69) is 34.1 Å². The van der Waals surface area contributed by atoms with Crippen molar-refractivity contribution in [2.24, 2.45) is 5.92 Å². The highest BCUT2D eigenvalue weighted by Crippen LogP contribution is 2.26. The van der Waals surface area contributed by atoms with Gasteiger partial charge in [0.2, 0.25) is 5.91 Å². The zero-order valence-electron chi connectivity index (χ0n) is 18.0. The predicted molar refractivity (Wildman–Crippen MR) is 124 cm³/mol. The zero-order valence-corrected chi connectivity index (χ0v) is 18.7. The van der Waals surface area contributed by atoms with Crippen molar-refractivity contribution in [3.63, 3.8) is 0 Å². The van der Waals surface area contributed by atoms with Crippen LogP contribution >= 0.6 is 11.6 Å². The van der Waals surface area contributed by atoms with Crippen molar-refractivity contribution in [3.05, 3.63) is 64.9 Å². The van der Waals surface area contributed by atoms with E-state index in [9.17, 15) is 9.18 Å². The van der Waals surface area contributed by atoms with Crippen LogP contribution in [0, 0.1) is 11.7 Å². The van der Waals surface area contributed by atoms with Gasteiger partial charge < -0.3 is 9.80 Å². The molecule has 6 heteroatoms. The predicted octanol–water partition coefficient (Wildman–Crippen LogP) is 4.82. The standard InChI is InChI=1S/C25H31ClFN3O/c26-23-7-4-8-24(27)22(23)19-28-13-11-20(12-14-28)9-10-25(31)30-17-15-29(16-18-30)21-5-2-1-3-6-21/h1-8,20H,9-19H2. The third-order valence-corrected chi connectivity index (χ3v) is 7.02. The van der Waals surface area contributed by atoms with Gasteiger partial charge >= 0.3 is 0 Å². The van der Waals surface area contributed by atoms with E-state index in [0.717, 1.165) is 58.5 Å². The number of halogens is 2. The summed E-state index contributed by atoms with van der Waals surface area (Å²) in [6.07, 6.45) is 3.70. The maximum absolute atomic E-state index is 14.0. The molecular weight excluding hydrogens is 413 g/mol. The van der Waals surface area contributed by atoms with E-state index >= 15 is 0 Å². The number of carbonyl (C=O) groups excluding carboxylic acids is 1. The third-order valence-electron chi connectivity index (χ3n) is 6.67. The highest BCUT2D eigenvalue weighted by Gasteiger charge is 2.24. The molecule has 4 nitrogen and oxygen atoms in total. The van der Waals surface area contributed by atoms with E-state index in [-0.39, 0.29) is 11.7 Å². The molecule has 2 saturated heterocycles. The summed E-state index contributed by atoms with van der Waals surface area (Å²) in [6.45, 7) is 5.81. The number of carbonyl (C=O) groups is 1. The van der Waals surface area contributed by atoms with E-state index in [1.54, 1.807) is 12.1 Å². The molecule has 0 radical (unpaired) electrons. The summed E-state index contributed by atoms with van der Waals surface area (Å²) in [6, 6.07) is 15.3. The second kappa shape index (κ2) is 10.5. The van der Waals surface area contributed by atoms with Crippen LogP contribution in [0.4, 0.5) is 10.1 Å². The lowest BCUT2D eigenvalue weighted by atomic mass is 9.91. The Morgan fingerprint density at radius 3 is 2.32 bits per heavy atom. The molecule has 0 spiro atoms. The summed E-state index contributed by atoms with van der Waals surface area (Å²) in [5.41, 5.74) is 1.82. The number of para-hydroxylation sites is 1. The molecule has 0 aromatic heterocycles. The maximum atomic E-state index is 14.0. The number of rotatable bonds is 6. The number of hydrogen-bond donors (Lipinski definition) is 0. The Balaban J connectivity index is 1.17. The molecule has 2 aromatic rings. The Labute approximate surface area is 189 Å². The van der Waals surface area contributed by atoms with Gasteiger partial charge in [-0.05, 0) is 62.5 Å². The van der Waals surface area contributed by atoms with Gasteiger partial charge in [0.25, 0.3) is 0 Å². The molecule has 0 bridgehead atoms. The van der Waals surface area contributed by atoms with Crippen LogP contribution in [0.25, 0.3) is 0 Å². The van der Waals surface area contributed by atoms with Crippen LogP contribution in [0.5, 0.6) is 0 Å². The molecule has 2 aliphatic heterocycles. The van der Waals surface area contributed by atoms with Crippen molar-refractivity contribution in [1.82, 2.24) is 9.80 Å². The number of benzene rings is 2. The average Bonchev–Trinajstić information content (AvgIpc) is 2.81. The minimum absolute atomic E-state index is 0.229. The minimum atomic E-state index is -0.229. The molecule has 31 heavy (non-hydrogen) atoms. The summed E-state index contributed by atoms with van der Waals surface area (Å²) in [7, 11) is 0. The number of anilines is 1. The highest BCUT2D eigenvalue weighted by molar-refractivity contribution is 6.31. The number of likely N-dealkylation sites (tertiary alicyclic amines) is 1. The normalized spacial score (nSPS) is 18.4. The van der Waals surface area contributed by atoms with Gasteiger partial charge in [0, 0.05) is 55.4 Å². The van der Waals surface area contributed by atoms with E-state index in [1.165, 1.54) is 11.8 Å². The topological polar surface area (TPSA) is 26.8 Å². The second-order valence-electron chi connectivity index (χ2n) is 8.66. The van der Waals surface area contributed by atoms with Crippen LogP contribution in [0.1, 0.15) is 31.2 Å². The molecule has 1 amide bonds. The first-order chi connectivity index (χ1) is 15.1. The van der Waals surface area contributed by atoms with Crippen LogP contribution in [0.2, 0.25) is 5.02 Å². The fraction of sp³-hybridized carbons (Fsp3) is 0.480. The van der Waals surface area contributed by atoms with Crippen LogP contribution in [-0.2, 0) is 11.3 Å². The third kappa shape index (κ3) is 5.78. The number of amides is 1. The van der Waals surface area contributed by atoms with Crippen molar-refractivity contribution in [1.29, 1.82) is 0 Å². The molecule has 0 atom stereocenters. The summed E-state index contributed by atoms with van der Waals surface area (Å²) >= 11 is 6.17. The Morgan fingerprint density at radius 1 is 0.935 bits per heavy atom. The molecule has 2 fully saturated rings. The molecule has 0 aliphatic carbocycles. The Kier molecular flexibility index (Phi) is 7.46. The summed E-state index contributed by atoms with van der Waals surface area (Å²) < 4.78 is 14.0. The van der Waals surface area contributed by atoms with Gasteiger partial charge in [-0.2, -0.15) is 0 Å². The molecule has 4 rings (SSSR count). The van der Waals surface area contributed by atoms with Crippen molar-refractivity contribution < 1.29 is 9.18 Å². The first-order valence-electron chi connectivity index (χ1n) is 11.3. The smallest absolute Gasteiger partial charge is 0.222 e. The number of piperazine rings is 1. The molecule has 0 unspecified atom stereocenters. The first kappa shape index (κ1) is 22.1. The lowest BCUT2D eigenvalue weighted by Crippen LogP contribution is -2.48. The Hall–Kier alpha value is -2.11. The molecular formula is C25H31ClFN3O. The van der Waals surface area contributed by atoms with Crippen LogP contribution < -0.4 is 4.90 Å². The van der Waals surface area contributed by atoms with Crippen molar-refractivity contribution in [2.45, 2.75) is 32.2 Å². The Bertz CT molecular complexity index is 842. The van der Waals surface area contributed by atoms with Crippen LogP contribution in [-0.4, -0.2) is 55.0 Å². The number of piperidine rings is 1. The van der Waals surface area contributed by atoms with Gasteiger partial charge in [0.05, 0.1) is 0 Å². The maximum Gasteiger partial charge on any atom is 0.222 e. The zero-order chi connectivity index (χ0) is 21.6. The quantitative estimate of drug-likeness (QED) is 0.640. The fourth-order valence-electron chi connectivity index (χ4n) is 4.68. The van der Waals surface area contributed by atoms with Gasteiger partial charge in [0.1, 0.15) is 5.82 Å². The van der Waals surface area contributed by atoms with Gasteiger partial charge in [-0.15, -0.1) is 0 Å². The minimum Gasteiger partial charge on any atom is -0.368 e. The molecule has 166 valence electrons. The first-order valence-corrected chi connectivity index (χ1v) is 11.7. The molecule has 2 aliphatic rings. The largest absolute Gasteiger partial charge is 0.368 e. The molecule has 2 heterocycles. The molecule has 2 aromatic carbocycles. The summed E-state index contributed by atoms with van der Waals surface area (Å²) in [4.78, 5) is 19.3. The number of nitrogens with zero attached hydrogens (tertiary/aromatic N) is 3. The molecule has 0 N–H and O–H groups in total. The summed E-state index contributed by atoms with van der Waals surface area (Å²) in [5.74, 6) is 0.628. The van der Waals surface area contributed by atoms with Crippen LogP contribution in [0.15, 0.2) is 48.5 Å². The SMILES string of the molecule is O=C(CCC1CCN(Cc2c(F)cccc2Cl)CC1)N1CCN(c2ccccc2)CC1. The van der Waals surface area contributed by atoms with Crippen molar-refractivity contribution >= 4 is 23.2 Å². The average molecular weight is 444 g/mol. The molecule has 0 saturated carbocycles. The lowest BCUT2D eigenvalue weighted by Gasteiger charge is -2.36. The van der Waals surface area contributed by atoms with E-state index in [0.29, 0.717) is 29.5 Å². The van der Waals surface area contributed by atoms with Crippen molar-refractivity contribution in [2.75, 3.05) is 44.2 Å². The van der Waals surface area contributed by atoms with E-state index < -0.39 is 0 Å². The van der Waals surface area contributed by atoms with Gasteiger partial charge in [-0.3, -0.25) is 9.69 Å². The summed E-state index contributed by atoms with van der Waals surface area (Å²) in [5, 5.41) is 0.500. The second-order valence-corrected chi connectivity index (χ2v) is 9.07. The van der Waals surface area contributed by atoms with E-state index in [1.807, 2.05) is 11.0 Å². The van der Waals surface area contributed by atoms with Crippen LogP contribution in [0.3, 0.4) is 0 Å². The van der Waals surface area contributed by atoms with Gasteiger partial charge in [0.15, 0.2) is 0 Å². The number of hydrogen-bond acceptors (Lipinski definition) is 3. The van der Waals surface area contributed by atoms with Gasteiger partial charge in [-0.1, -0.05) is 35.9 Å². The van der Waals surface area contributed by atoms with E-state index in [4.69, 9.17) is 11.6 Å². The fourth-order valence-corrected chi connectivity index (χ4v) is 4.90. The highest BCUT2D eigenvalue weighted by atomic mass is 35.5. The lowest BCUT2D eigenvalue weighted by molar-refractivity contribution is -0.131. The Morgan fingerprint density at radius 2 is 1.65 bits per heavy atom.